The number of sulfonamides is 1. The first-order chi connectivity index (χ1) is 9.55. The van der Waals surface area contributed by atoms with Gasteiger partial charge in [-0.3, -0.25) is 0 Å². The van der Waals surface area contributed by atoms with E-state index < -0.39 is 10.0 Å². The number of ether oxygens (including phenoxy) is 1. The average Bonchev–Trinajstić information content (AvgIpc) is 2.87. The zero-order valence-electron chi connectivity index (χ0n) is 12.2. The van der Waals surface area contributed by atoms with Gasteiger partial charge in [0.1, 0.15) is 0 Å². The monoisotopic (exact) mass is 301 g/mol. The lowest BCUT2D eigenvalue weighted by molar-refractivity contribution is 0.172. The lowest BCUT2D eigenvalue weighted by Crippen LogP contribution is -2.43. The van der Waals surface area contributed by atoms with Gasteiger partial charge in [-0.2, -0.15) is 4.31 Å². The Morgan fingerprint density at radius 2 is 2.25 bits per heavy atom. The van der Waals surface area contributed by atoms with E-state index >= 15 is 0 Å². The molecule has 0 saturated carbocycles. The van der Waals surface area contributed by atoms with E-state index in [0.29, 0.717) is 13.2 Å². The molecule has 2 heterocycles. The van der Waals surface area contributed by atoms with Gasteiger partial charge in [-0.25, -0.2) is 13.4 Å². The second-order valence-corrected chi connectivity index (χ2v) is 7.12. The lowest BCUT2D eigenvalue weighted by atomic mass is 10.0. The number of methoxy groups -OCH3 is 1. The number of hydrogen-bond donors (Lipinski definition) is 0. The molecule has 0 amide bonds. The Kier molecular flexibility index (Phi) is 5.17. The number of piperidine rings is 1. The van der Waals surface area contributed by atoms with Gasteiger partial charge in [0.2, 0.25) is 0 Å². The van der Waals surface area contributed by atoms with E-state index in [1.165, 1.54) is 6.33 Å². The third kappa shape index (κ3) is 3.39. The third-order valence-corrected chi connectivity index (χ3v) is 5.55. The van der Waals surface area contributed by atoms with E-state index in [9.17, 15) is 8.42 Å². The van der Waals surface area contributed by atoms with Crippen LogP contribution >= 0.6 is 0 Å². The van der Waals surface area contributed by atoms with Gasteiger partial charge in [-0.15, -0.1) is 0 Å². The summed E-state index contributed by atoms with van der Waals surface area (Å²) in [5, 5.41) is 0.152. The highest BCUT2D eigenvalue weighted by atomic mass is 32.2. The SMILES string of the molecule is COCCC[C@H]1CCCCN1S(=O)(=O)c1cn(C)cn1. The number of nitrogens with zero attached hydrogens (tertiary/aromatic N) is 3. The average molecular weight is 301 g/mol. The van der Waals surface area contributed by atoms with E-state index in [1.54, 1.807) is 29.2 Å². The quantitative estimate of drug-likeness (QED) is 0.745. The van der Waals surface area contributed by atoms with Gasteiger partial charge in [-0.1, -0.05) is 6.42 Å². The molecule has 6 nitrogen and oxygen atoms in total. The Balaban J connectivity index is 2.14. The van der Waals surface area contributed by atoms with Crippen molar-refractivity contribution >= 4 is 10.0 Å². The van der Waals surface area contributed by atoms with Crippen molar-refractivity contribution in [2.45, 2.75) is 43.2 Å². The van der Waals surface area contributed by atoms with Crippen molar-refractivity contribution < 1.29 is 13.2 Å². The Bertz CT molecular complexity index is 527. The fourth-order valence-corrected chi connectivity index (χ4v) is 4.38. The summed E-state index contributed by atoms with van der Waals surface area (Å²) >= 11 is 0. The lowest BCUT2D eigenvalue weighted by Gasteiger charge is -2.34. The largest absolute Gasteiger partial charge is 0.385 e. The second kappa shape index (κ2) is 6.69. The van der Waals surface area contributed by atoms with Crippen LogP contribution in [-0.4, -0.2) is 48.6 Å². The number of hydrogen-bond acceptors (Lipinski definition) is 4. The third-order valence-electron chi connectivity index (χ3n) is 3.71. The molecule has 1 fully saturated rings. The van der Waals surface area contributed by atoms with Crippen molar-refractivity contribution in [3.8, 4) is 0 Å². The van der Waals surface area contributed by atoms with Crippen LogP contribution in [0.4, 0.5) is 0 Å². The van der Waals surface area contributed by atoms with E-state index in [1.807, 2.05) is 0 Å². The summed E-state index contributed by atoms with van der Waals surface area (Å²) in [7, 11) is -0.0209. The van der Waals surface area contributed by atoms with Gasteiger partial charge in [0, 0.05) is 39.5 Å². The van der Waals surface area contributed by atoms with Gasteiger partial charge in [0.15, 0.2) is 5.03 Å². The molecular formula is C13H23N3O3S. The highest BCUT2D eigenvalue weighted by Gasteiger charge is 2.34. The second-order valence-electron chi connectivity index (χ2n) is 5.28. The smallest absolute Gasteiger partial charge is 0.262 e. The van der Waals surface area contributed by atoms with Crippen LogP contribution in [0, 0.1) is 0 Å². The first kappa shape index (κ1) is 15.5. The molecule has 0 bridgehead atoms. The molecule has 2 rings (SSSR count). The molecule has 0 aliphatic carbocycles. The van der Waals surface area contributed by atoms with Crippen molar-refractivity contribution in [2.24, 2.45) is 7.05 Å². The summed E-state index contributed by atoms with van der Waals surface area (Å²) in [6.07, 6.45) is 7.76. The molecule has 1 aromatic rings. The molecule has 1 saturated heterocycles. The van der Waals surface area contributed by atoms with Crippen LogP contribution in [0.5, 0.6) is 0 Å². The van der Waals surface area contributed by atoms with Gasteiger partial charge in [0.25, 0.3) is 10.0 Å². The van der Waals surface area contributed by atoms with Crippen LogP contribution in [0.25, 0.3) is 0 Å². The molecule has 0 unspecified atom stereocenters. The van der Waals surface area contributed by atoms with Crippen molar-refractivity contribution in [1.82, 2.24) is 13.9 Å². The van der Waals surface area contributed by atoms with Gasteiger partial charge < -0.3 is 9.30 Å². The molecule has 1 atom stereocenters. The molecule has 114 valence electrons. The normalized spacial score (nSPS) is 21.2. The predicted octanol–water partition coefficient (Wildman–Crippen LogP) is 1.39. The van der Waals surface area contributed by atoms with Crippen molar-refractivity contribution in [3.05, 3.63) is 12.5 Å². The van der Waals surface area contributed by atoms with Crippen LogP contribution in [0.2, 0.25) is 0 Å². The maximum atomic E-state index is 12.7. The van der Waals surface area contributed by atoms with Crippen LogP contribution in [0.3, 0.4) is 0 Å². The summed E-state index contributed by atoms with van der Waals surface area (Å²) in [6, 6.07) is 0.0749. The molecular weight excluding hydrogens is 278 g/mol. The molecule has 0 radical (unpaired) electrons. The summed E-state index contributed by atoms with van der Waals surface area (Å²) in [4.78, 5) is 4.00. The molecule has 0 spiro atoms. The minimum atomic E-state index is -3.47. The van der Waals surface area contributed by atoms with Crippen LogP contribution in [-0.2, 0) is 21.8 Å². The number of rotatable bonds is 6. The van der Waals surface area contributed by atoms with Crippen molar-refractivity contribution in [1.29, 1.82) is 0 Å². The Morgan fingerprint density at radius 1 is 1.45 bits per heavy atom. The zero-order chi connectivity index (χ0) is 14.6. The minimum absolute atomic E-state index is 0.0749. The fourth-order valence-electron chi connectivity index (χ4n) is 2.68. The highest BCUT2D eigenvalue weighted by molar-refractivity contribution is 7.89. The number of aromatic nitrogens is 2. The van der Waals surface area contributed by atoms with E-state index in [0.717, 1.165) is 32.1 Å². The number of aryl methyl sites for hydroxylation is 1. The molecule has 0 aromatic carbocycles. The maximum absolute atomic E-state index is 12.7. The Labute approximate surface area is 120 Å². The fraction of sp³-hybridized carbons (Fsp3) is 0.769. The standard InChI is InChI=1S/C13H23N3O3S/c1-15-10-13(14-11-15)20(17,18)16-8-4-3-6-12(16)7-5-9-19-2/h10-12H,3-9H2,1-2H3/t12-/m1/s1. The Morgan fingerprint density at radius 3 is 2.90 bits per heavy atom. The van der Waals surface area contributed by atoms with Gasteiger partial charge in [-0.05, 0) is 25.7 Å². The van der Waals surface area contributed by atoms with Crippen LogP contribution in [0.1, 0.15) is 32.1 Å². The minimum Gasteiger partial charge on any atom is -0.385 e. The van der Waals surface area contributed by atoms with E-state index in [2.05, 4.69) is 4.98 Å². The zero-order valence-corrected chi connectivity index (χ0v) is 13.0. The summed E-state index contributed by atoms with van der Waals surface area (Å²) in [6.45, 7) is 1.27. The highest BCUT2D eigenvalue weighted by Crippen LogP contribution is 2.27. The Hall–Kier alpha value is -0.920. The molecule has 0 N–H and O–H groups in total. The molecule has 1 aliphatic heterocycles. The topological polar surface area (TPSA) is 64.4 Å². The first-order valence-corrected chi connectivity index (χ1v) is 8.48. The molecule has 1 aromatic heterocycles. The summed E-state index contributed by atoms with van der Waals surface area (Å²) in [5.41, 5.74) is 0. The van der Waals surface area contributed by atoms with Gasteiger partial charge in [0.05, 0.1) is 6.33 Å². The molecule has 1 aliphatic rings. The van der Waals surface area contributed by atoms with E-state index in [4.69, 9.17) is 4.74 Å². The summed E-state index contributed by atoms with van der Waals surface area (Å²) < 4.78 is 33.7. The number of imidazole rings is 1. The predicted molar refractivity (Wildman–Crippen MR) is 75.8 cm³/mol. The molecule has 20 heavy (non-hydrogen) atoms. The van der Waals surface area contributed by atoms with Crippen molar-refractivity contribution in [2.75, 3.05) is 20.3 Å². The maximum Gasteiger partial charge on any atom is 0.262 e. The van der Waals surface area contributed by atoms with Crippen LogP contribution < -0.4 is 0 Å². The van der Waals surface area contributed by atoms with Crippen LogP contribution in [0.15, 0.2) is 17.6 Å². The summed E-state index contributed by atoms with van der Waals surface area (Å²) in [5.74, 6) is 0. The van der Waals surface area contributed by atoms with E-state index in [-0.39, 0.29) is 11.1 Å². The molecule has 7 heteroatoms. The van der Waals surface area contributed by atoms with Crippen molar-refractivity contribution in [3.63, 3.8) is 0 Å². The van der Waals surface area contributed by atoms with Gasteiger partial charge >= 0.3 is 0 Å². The first-order valence-electron chi connectivity index (χ1n) is 7.04.